The first-order chi connectivity index (χ1) is 17.3. The minimum Gasteiger partial charge on any atom is -0.379 e. The molecular formula is C28H38FN5O2. The number of anilines is 1. The fraction of sp³-hybridized carbons (Fsp3) is 0.607. The number of hydrogen-bond acceptors (Lipinski definition) is 5. The minimum atomic E-state index is -0.370. The van der Waals surface area contributed by atoms with Crippen molar-refractivity contribution in [2.45, 2.75) is 65.8 Å². The summed E-state index contributed by atoms with van der Waals surface area (Å²) in [5.41, 5.74) is 6.73. The first kappa shape index (κ1) is 25.1. The van der Waals surface area contributed by atoms with Crippen molar-refractivity contribution in [3.05, 3.63) is 40.0 Å². The largest absolute Gasteiger partial charge is 0.379 e. The molecule has 0 radical (unpaired) electrons. The molecule has 2 aliphatic carbocycles. The minimum absolute atomic E-state index is 0.136. The Morgan fingerprint density at radius 3 is 2.72 bits per heavy atom. The van der Waals surface area contributed by atoms with Gasteiger partial charge in [-0.25, -0.2) is 4.39 Å². The number of aromatic amines is 1. The highest BCUT2D eigenvalue weighted by molar-refractivity contribution is 6.02. The number of amides is 1. The van der Waals surface area contributed by atoms with Gasteiger partial charge in [0.2, 0.25) is 5.91 Å². The van der Waals surface area contributed by atoms with Crippen molar-refractivity contribution in [1.82, 2.24) is 15.1 Å². The monoisotopic (exact) mass is 495 g/mol. The molecular weight excluding hydrogens is 457 g/mol. The molecule has 7 nitrogen and oxygen atoms in total. The predicted octanol–water partition coefficient (Wildman–Crippen LogP) is 4.50. The number of hydrogen-bond donors (Lipinski definition) is 1. The van der Waals surface area contributed by atoms with Crippen molar-refractivity contribution in [2.75, 3.05) is 38.3 Å². The fourth-order valence-electron chi connectivity index (χ4n) is 5.70. The van der Waals surface area contributed by atoms with E-state index in [0.29, 0.717) is 37.6 Å². The van der Waals surface area contributed by atoms with Crippen LogP contribution in [0.2, 0.25) is 0 Å². The van der Waals surface area contributed by atoms with Crippen molar-refractivity contribution >= 4 is 23.0 Å². The molecule has 3 aliphatic rings. The molecule has 2 heterocycles. The number of carbonyl (C=O) groups excluding carboxylic acids is 1. The molecule has 1 N–H and O–H groups in total. The zero-order chi connectivity index (χ0) is 25.6. The first-order valence-corrected chi connectivity index (χ1v) is 13.3. The number of H-pyrrole nitrogens is 1. The molecule has 194 valence electrons. The number of nitrogens with one attached hydrogen (secondary N) is 1. The normalized spacial score (nSPS) is 22.7. The number of ether oxygens (including phenoxy) is 1. The van der Waals surface area contributed by atoms with Gasteiger partial charge in [-0.15, -0.1) is 0 Å². The average Bonchev–Trinajstić information content (AvgIpc) is 3.54. The second-order valence-corrected chi connectivity index (χ2v) is 10.7. The van der Waals surface area contributed by atoms with E-state index in [-0.39, 0.29) is 23.5 Å². The Balaban J connectivity index is 1.49. The lowest BCUT2D eigenvalue weighted by Gasteiger charge is -2.33. The number of aromatic nitrogens is 2. The van der Waals surface area contributed by atoms with Gasteiger partial charge in [0, 0.05) is 31.4 Å². The predicted molar refractivity (Wildman–Crippen MR) is 140 cm³/mol. The van der Waals surface area contributed by atoms with Gasteiger partial charge in [-0.1, -0.05) is 13.3 Å². The summed E-state index contributed by atoms with van der Waals surface area (Å²) >= 11 is 0. The Kier molecular flexibility index (Phi) is 7.01. The summed E-state index contributed by atoms with van der Waals surface area (Å²) in [6, 6.07) is 1.37. The van der Waals surface area contributed by atoms with Gasteiger partial charge < -0.3 is 9.64 Å². The van der Waals surface area contributed by atoms with Crippen LogP contribution in [-0.2, 0) is 22.4 Å². The van der Waals surface area contributed by atoms with Gasteiger partial charge in [0.15, 0.2) is 0 Å². The molecule has 36 heavy (non-hydrogen) atoms. The molecule has 3 atom stereocenters. The zero-order valence-corrected chi connectivity index (χ0v) is 22.2. The van der Waals surface area contributed by atoms with Crippen molar-refractivity contribution in [3.8, 4) is 0 Å². The summed E-state index contributed by atoms with van der Waals surface area (Å²) in [5.74, 6) is 1.09. The number of likely N-dealkylation sites (N-methyl/N-ethyl adjacent to an activating group) is 1. The summed E-state index contributed by atoms with van der Waals surface area (Å²) in [4.78, 5) is 22.0. The second kappa shape index (κ2) is 10.1. The maximum absolute atomic E-state index is 15.5. The van der Waals surface area contributed by atoms with Gasteiger partial charge in [0.1, 0.15) is 11.5 Å². The summed E-state index contributed by atoms with van der Waals surface area (Å²) in [6.45, 7) is 10.3. The number of nitrogens with zero attached hydrogens (tertiary/aromatic N) is 4. The molecule has 3 unspecified atom stereocenters. The molecule has 2 aromatic rings. The van der Waals surface area contributed by atoms with Crippen LogP contribution in [-0.4, -0.2) is 66.1 Å². The van der Waals surface area contributed by atoms with E-state index >= 15 is 4.39 Å². The van der Waals surface area contributed by atoms with Crippen molar-refractivity contribution < 1.29 is 13.9 Å². The van der Waals surface area contributed by atoms with E-state index in [2.05, 4.69) is 22.0 Å². The average molecular weight is 496 g/mol. The van der Waals surface area contributed by atoms with E-state index in [1.165, 1.54) is 22.6 Å². The number of halogens is 1. The zero-order valence-electron chi connectivity index (χ0n) is 22.2. The third-order valence-electron chi connectivity index (χ3n) is 8.39. The highest BCUT2D eigenvalue weighted by Gasteiger charge is 2.43. The van der Waals surface area contributed by atoms with E-state index in [1.807, 2.05) is 13.8 Å². The topological polar surface area (TPSA) is 73.8 Å². The van der Waals surface area contributed by atoms with Gasteiger partial charge >= 0.3 is 0 Å². The van der Waals surface area contributed by atoms with Gasteiger partial charge in [-0.05, 0) is 75.5 Å². The molecule has 0 spiro atoms. The van der Waals surface area contributed by atoms with E-state index in [9.17, 15) is 4.79 Å². The maximum atomic E-state index is 15.5. The Hall–Kier alpha value is -2.58. The van der Waals surface area contributed by atoms with Crippen molar-refractivity contribution in [2.24, 2.45) is 16.8 Å². The van der Waals surface area contributed by atoms with Crippen molar-refractivity contribution in [1.29, 1.82) is 0 Å². The van der Waals surface area contributed by atoms with Crippen LogP contribution in [0.3, 0.4) is 0 Å². The van der Waals surface area contributed by atoms with Gasteiger partial charge in [0.25, 0.3) is 0 Å². The van der Waals surface area contributed by atoms with Crippen LogP contribution in [0.15, 0.2) is 11.1 Å². The van der Waals surface area contributed by atoms with E-state index in [0.717, 1.165) is 54.5 Å². The van der Waals surface area contributed by atoms with Crippen LogP contribution in [0.1, 0.15) is 61.2 Å². The molecule has 8 heteroatoms. The molecule has 0 bridgehead atoms. The number of morpholine rings is 1. The van der Waals surface area contributed by atoms with Crippen LogP contribution in [0.25, 0.3) is 0 Å². The Labute approximate surface area is 213 Å². The van der Waals surface area contributed by atoms with Crippen LogP contribution in [0.5, 0.6) is 0 Å². The fourth-order valence-corrected chi connectivity index (χ4v) is 5.70. The molecule has 1 aromatic carbocycles. The molecule has 1 aliphatic heterocycles. The van der Waals surface area contributed by atoms with Crippen LogP contribution >= 0.6 is 0 Å². The first-order valence-electron chi connectivity index (χ1n) is 13.3. The van der Waals surface area contributed by atoms with Crippen LogP contribution < -0.4 is 4.90 Å². The lowest BCUT2D eigenvalue weighted by molar-refractivity contribution is -0.124. The number of aliphatic imine (C=N–C) groups is 1. The van der Waals surface area contributed by atoms with E-state index in [1.54, 1.807) is 20.0 Å². The van der Waals surface area contributed by atoms with Gasteiger partial charge in [-0.3, -0.25) is 19.8 Å². The highest BCUT2D eigenvalue weighted by atomic mass is 19.1. The van der Waals surface area contributed by atoms with E-state index < -0.39 is 0 Å². The number of fused-ring (bicyclic) bond motifs is 2. The molecule has 1 amide bonds. The third kappa shape index (κ3) is 4.61. The van der Waals surface area contributed by atoms with Gasteiger partial charge in [-0.2, -0.15) is 5.10 Å². The summed E-state index contributed by atoms with van der Waals surface area (Å²) < 4.78 is 20.9. The van der Waals surface area contributed by atoms with Gasteiger partial charge in [0.05, 0.1) is 36.3 Å². The lowest BCUT2D eigenvalue weighted by Crippen LogP contribution is -2.50. The second-order valence-electron chi connectivity index (χ2n) is 10.7. The SMILES string of the molecule is CCC/C(=N\c1cc(N(C)C(=O)C(C)N2CCOCC2)c(F)c(C)c1C)c1n[nH]c2c1CC1CC1C2. The number of rotatable bonds is 7. The number of carbonyl (C=O) groups is 1. The Morgan fingerprint density at radius 2 is 2.00 bits per heavy atom. The summed E-state index contributed by atoms with van der Waals surface area (Å²) in [5, 5.41) is 7.96. The highest BCUT2D eigenvalue weighted by Crippen LogP contribution is 2.48. The Bertz CT molecular complexity index is 1180. The standard InChI is InChI=1S/C28H38FN5O2/c1-6-7-22(27-21-13-19-12-20(19)14-24(21)31-32-27)30-23-15-25(26(29)17(3)16(23)2)33(5)28(35)18(4)34-8-10-36-11-9-34/h15,18-20H,6-14H2,1-5H3,(H,31,32)/b30-22+. The lowest BCUT2D eigenvalue weighted by atomic mass is 9.93. The van der Waals surface area contributed by atoms with Crippen LogP contribution in [0, 0.1) is 31.5 Å². The van der Waals surface area contributed by atoms with E-state index in [4.69, 9.17) is 9.73 Å². The Morgan fingerprint density at radius 1 is 1.28 bits per heavy atom. The third-order valence-corrected chi connectivity index (χ3v) is 8.39. The molecule has 1 aromatic heterocycles. The summed E-state index contributed by atoms with van der Waals surface area (Å²) in [6.07, 6.45) is 5.19. The smallest absolute Gasteiger partial charge is 0.243 e. The maximum Gasteiger partial charge on any atom is 0.243 e. The van der Waals surface area contributed by atoms with Crippen molar-refractivity contribution in [3.63, 3.8) is 0 Å². The number of benzene rings is 1. The van der Waals surface area contributed by atoms with Crippen LogP contribution in [0.4, 0.5) is 15.8 Å². The quantitative estimate of drug-likeness (QED) is 0.574. The molecule has 1 saturated carbocycles. The molecule has 1 saturated heterocycles. The molecule has 2 fully saturated rings. The summed E-state index contributed by atoms with van der Waals surface area (Å²) in [7, 11) is 1.66. The molecule has 5 rings (SSSR count).